The molecule has 5 heteroatoms. The molecule has 0 radical (unpaired) electrons. The lowest BCUT2D eigenvalue weighted by Crippen LogP contribution is -2.44. The van der Waals surface area contributed by atoms with Crippen molar-refractivity contribution in [2.75, 3.05) is 13.1 Å². The van der Waals surface area contributed by atoms with Gasteiger partial charge in [-0.25, -0.2) is 0 Å². The number of rotatable bonds is 8. The molecule has 0 spiro atoms. The van der Waals surface area contributed by atoms with Gasteiger partial charge in [-0.2, -0.15) is 0 Å². The van der Waals surface area contributed by atoms with Crippen LogP contribution in [0.25, 0.3) is 0 Å². The third-order valence-corrected chi connectivity index (χ3v) is 4.98. The number of nitrogens with one attached hydrogen (secondary N) is 2. The van der Waals surface area contributed by atoms with Crippen molar-refractivity contribution in [3.63, 3.8) is 0 Å². The average molecular weight is 371 g/mol. The van der Waals surface area contributed by atoms with Crippen molar-refractivity contribution in [3.05, 3.63) is 70.7 Å². The molecule has 2 aromatic carbocycles. The summed E-state index contributed by atoms with van der Waals surface area (Å²) in [4.78, 5) is 24.9. The van der Waals surface area contributed by atoms with Gasteiger partial charge >= 0.3 is 0 Å². The SMILES string of the molecule is O=C(NCCc1ccccc1)C1(C(=O)NCCc2cccc(Cl)c2)CC1. The molecule has 0 saturated heterocycles. The predicted molar refractivity (Wildman–Crippen MR) is 103 cm³/mol. The maximum atomic E-state index is 12.5. The fourth-order valence-electron chi connectivity index (χ4n) is 3.00. The molecule has 0 aliphatic heterocycles. The zero-order valence-electron chi connectivity index (χ0n) is 14.6. The number of hydrogen-bond donors (Lipinski definition) is 2. The van der Waals surface area contributed by atoms with Crippen molar-refractivity contribution < 1.29 is 9.59 Å². The van der Waals surface area contributed by atoms with Gasteiger partial charge in [-0.05, 0) is 48.9 Å². The summed E-state index contributed by atoms with van der Waals surface area (Å²) in [6, 6.07) is 17.6. The van der Waals surface area contributed by atoms with E-state index in [0.717, 1.165) is 12.0 Å². The highest BCUT2D eigenvalue weighted by Gasteiger charge is 2.56. The van der Waals surface area contributed by atoms with Crippen LogP contribution in [0, 0.1) is 5.41 Å². The van der Waals surface area contributed by atoms with Gasteiger partial charge in [0.1, 0.15) is 5.41 Å². The van der Waals surface area contributed by atoms with Gasteiger partial charge in [-0.15, -0.1) is 0 Å². The first kappa shape index (κ1) is 18.5. The Morgan fingerprint density at radius 3 is 2.00 bits per heavy atom. The van der Waals surface area contributed by atoms with Crippen LogP contribution in [0.15, 0.2) is 54.6 Å². The minimum Gasteiger partial charge on any atom is -0.355 e. The monoisotopic (exact) mass is 370 g/mol. The molecule has 1 aliphatic carbocycles. The Hall–Kier alpha value is -2.33. The van der Waals surface area contributed by atoms with Crippen LogP contribution in [-0.4, -0.2) is 24.9 Å². The van der Waals surface area contributed by atoms with Crippen LogP contribution in [0.3, 0.4) is 0 Å². The molecule has 0 atom stereocenters. The topological polar surface area (TPSA) is 58.2 Å². The average Bonchev–Trinajstić information content (AvgIpc) is 3.45. The van der Waals surface area contributed by atoms with E-state index in [1.54, 1.807) is 0 Å². The summed E-state index contributed by atoms with van der Waals surface area (Å²) in [6.07, 6.45) is 2.69. The number of carbonyl (C=O) groups is 2. The summed E-state index contributed by atoms with van der Waals surface area (Å²) in [5, 5.41) is 6.50. The highest BCUT2D eigenvalue weighted by atomic mass is 35.5. The molecule has 2 aromatic rings. The molecule has 1 fully saturated rings. The molecule has 2 N–H and O–H groups in total. The van der Waals surface area contributed by atoms with Gasteiger partial charge < -0.3 is 10.6 Å². The number of halogens is 1. The van der Waals surface area contributed by atoms with Crippen LogP contribution in [0.4, 0.5) is 0 Å². The quantitative estimate of drug-likeness (QED) is 0.701. The van der Waals surface area contributed by atoms with Crippen LogP contribution >= 0.6 is 11.6 Å². The molecule has 1 aliphatic rings. The highest BCUT2D eigenvalue weighted by Crippen LogP contribution is 2.46. The maximum Gasteiger partial charge on any atom is 0.235 e. The van der Waals surface area contributed by atoms with Crippen LogP contribution in [0.1, 0.15) is 24.0 Å². The van der Waals surface area contributed by atoms with E-state index in [0.29, 0.717) is 37.4 Å². The zero-order chi connectivity index (χ0) is 18.4. The molecule has 3 rings (SSSR count). The van der Waals surface area contributed by atoms with E-state index < -0.39 is 5.41 Å². The smallest absolute Gasteiger partial charge is 0.235 e. The number of benzene rings is 2. The fourth-order valence-corrected chi connectivity index (χ4v) is 3.21. The summed E-state index contributed by atoms with van der Waals surface area (Å²) in [5.74, 6) is -0.328. The van der Waals surface area contributed by atoms with E-state index >= 15 is 0 Å². The molecule has 0 unspecified atom stereocenters. The lowest BCUT2D eigenvalue weighted by atomic mass is 10.0. The molecule has 4 nitrogen and oxygen atoms in total. The summed E-state index contributed by atoms with van der Waals surface area (Å²) in [6.45, 7) is 1.04. The van der Waals surface area contributed by atoms with E-state index in [-0.39, 0.29) is 11.8 Å². The lowest BCUT2D eigenvalue weighted by Gasteiger charge is -2.15. The first-order chi connectivity index (χ1) is 12.6. The second-order valence-electron chi connectivity index (χ2n) is 6.71. The molecule has 136 valence electrons. The third kappa shape index (κ3) is 4.64. The van der Waals surface area contributed by atoms with E-state index in [9.17, 15) is 9.59 Å². The second kappa shape index (κ2) is 8.37. The van der Waals surface area contributed by atoms with Gasteiger partial charge in [0.05, 0.1) is 0 Å². The fraction of sp³-hybridized carbons (Fsp3) is 0.333. The van der Waals surface area contributed by atoms with Crippen LogP contribution in [0.5, 0.6) is 0 Å². The van der Waals surface area contributed by atoms with E-state index in [1.807, 2.05) is 54.6 Å². The Kier molecular flexibility index (Phi) is 5.94. The lowest BCUT2D eigenvalue weighted by molar-refractivity contribution is -0.137. The number of carbonyl (C=O) groups excluding carboxylic acids is 2. The normalized spacial score (nSPS) is 14.5. The molecule has 0 bridgehead atoms. The number of amides is 2. The van der Waals surface area contributed by atoms with Crippen LogP contribution < -0.4 is 10.6 Å². The van der Waals surface area contributed by atoms with Crippen molar-refractivity contribution in [2.24, 2.45) is 5.41 Å². The molecule has 2 amide bonds. The number of hydrogen-bond acceptors (Lipinski definition) is 2. The van der Waals surface area contributed by atoms with Gasteiger partial charge in [0.2, 0.25) is 11.8 Å². The highest BCUT2D eigenvalue weighted by molar-refractivity contribution is 6.30. The van der Waals surface area contributed by atoms with E-state index in [2.05, 4.69) is 10.6 Å². The van der Waals surface area contributed by atoms with E-state index in [1.165, 1.54) is 5.56 Å². The van der Waals surface area contributed by atoms with Gasteiger partial charge in [-0.1, -0.05) is 54.1 Å². The summed E-state index contributed by atoms with van der Waals surface area (Å²) in [5.41, 5.74) is 1.36. The predicted octanol–water partition coefficient (Wildman–Crippen LogP) is 3.14. The van der Waals surface area contributed by atoms with Crippen molar-refractivity contribution in [2.45, 2.75) is 25.7 Å². The largest absolute Gasteiger partial charge is 0.355 e. The molecular weight excluding hydrogens is 348 g/mol. The Labute approximate surface area is 158 Å². The Morgan fingerprint density at radius 1 is 0.846 bits per heavy atom. The van der Waals surface area contributed by atoms with Crippen LogP contribution in [0.2, 0.25) is 5.02 Å². The molecule has 1 saturated carbocycles. The van der Waals surface area contributed by atoms with Crippen molar-refractivity contribution >= 4 is 23.4 Å². The molecule has 0 heterocycles. The van der Waals surface area contributed by atoms with Crippen molar-refractivity contribution in [1.82, 2.24) is 10.6 Å². The summed E-state index contributed by atoms with van der Waals surface area (Å²) < 4.78 is 0. The summed E-state index contributed by atoms with van der Waals surface area (Å²) in [7, 11) is 0. The Morgan fingerprint density at radius 2 is 1.42 bits per heavy atom. The van der Waals surface area contributed by atoms with Gasteiger partial charge in [-0.3, -0.25) is 9.59 Å². The zero-order valence-corrected chi connectivity index (χ0v) is 15.4. The summed E-state index contributed by atoms with van der Waals surface area (Å²) >= 11 is 5.96. The molecule has 26 heavy (non-hydrogen) atoms. The minimum absolute atomic E-state index is 0.159. The molecular formula is C21H23ClN2O2. The van der Waals surface area contributed by atoms with Gasteiger partial charge in [0.15, 0.2) is 0 Å². The maximum absolute atomic E-state index is 12.5. The van der Waals surface area contributed by atoms with Crippen LogP contribution in [-0.2, 0) is 22.4 Å². The second-order valence-corrected chi connectivity index (χ2v) is 7.15. The van der Waals surface area contributed by atoms with Crippen molar-refractivity contribution in [1.29, 1.82) is 0 Å². The first-order valence-corrected chi connectivity index (χ1v) is 9.33. The van der Waals surface area contributed by atoms with E-state index in [4.69, 9.17) is 11.6 Å². The van der Waals surface area contributed by atoms with Crippen molar-refractivity contribution in [3.8, 4) is 0 Å². The minimum atomic E-state index is -0.870. The van der Waals surface area contributed by atoms with Gasteiger partial charge in [0.25, 0.3) is 0 Å². The first-order valence-electron chi connectivity index (χ1n) is 8.95. The Balaban J connectivity index is 1.43. The standard InChI is InChI=1S/C21H23ClN2O2/c22-18-8-4-7-17(15-18)10-14-24-20(26)21(11-12-21)19(25)23-13-9-16-5-2-1-3-6-16/h1-8,15H,9-14H2,(H,23,25)(H,24,26). The van der Waals surface area contributed by atoms with Gasteiger partial charge in [0, 0.05) is 18.1 Å². The third-order valence-electron chi connectivity index (χ3n) is 4.75. The molecule has 0 aromatic heterocycles. The Bertz CT molecular complexity index is 773.